The number of ether oxygens (including phenoxy) is 2. The molecule has 216 valence electrons. The molecule has 3 N–H and O–H groups in total. The van der Waals surface area contributed by atoms with E-state index in [-0.39, 0.29) is 70.4 Å². The van der Waals surface area contributed by atoms with E-state index < -0.39 is 11.4 Å². The van der Waals surface area contributed by atoms with Crippen LogP contribution in [0.25, 0.3) is 0 Å². The van der Waals surface area contributed by atoms with Crippen molar-refractivity contribution in [1.29, 1.82) is 5.26 Å². The number of aliphatic carboxylic acids is 1. The van der Waals surface area contributed by atoms with E-state index in [0.29, 0.717) is 25.7 Å². The second kappa shape index (κ2) is 11.7. The maximum absolute atomic E-state index is 13.7. The summed E-state index contributed by atoms with van der Waals surface area (Å²) < 4.78 is 11.7. The fourth-order valence-corrected chi connectivity index (χ4v) is 7.48. The molecule has 1 aromatic rings. The number of fused-ring (bicyclic) bond motifs is 2. The number of nitrogens with one attached hydrogen (secondary N) is 2. The number of rotatable bonds is 8. The molecule has 0 aromatic heterocycles. The summed E-state index contributed by atoms with van der Waals surface area (Å²) in [4.78, 5) is 38.7. The van der Waals surface area contributed by atoms with E-state index >= 15 is 0 Å². The highest BCUT2D eigenvalue weighted by Crippen LogP contribution is 2.49. The fraction of sp³-hybridized carbons (Fsp3) is 0.677. The van der Waals surface area contributed by atoms with Crippen LogP contribution in [0.5, 0.6) is 11.5 Å². The van der Waals surface area contributed by atoms with Crippen molar-refractivity contribution in [3.8, 4) is 17.6 Å². The number of hydrogen-bond acceptors (Lipinski definition) is 6. The Morgan fingerprint density at radius 2 is 1.68 bits per heavy atom. The molecule has 1 aromatic carbocycles. The summed E-state index contributed by atoms with van der Waals surface area (Å²) in [6.07, 6.45) is 10.3. The number of amides is 2. The lowest BCUT2D eigenvalue weighted by atomic mass is 9.75. The lowest BCUT2D eigenvalue weighted by Gasteiger charge is -2.34. The second-order valence-electron chi connectivity index (χ2n) is 12.5. The van der Waals surface area contributed by atoms with Gasteiger partial charge in [0, 0.05) is 18.2 Å². The van der Waals surface area contributed by atoms with Crippen LogP contribution >= 0.6 is 0 Å². The minimum Gasteiger partial charge on any atom is -0.496 e. The number of methoxy groups -OCH3 is 1. The van der Waals surface area contributed by atoms with Crippen molar-refractivity contribution >= 4 is 17.8 Å². The Bertz CT molecular complexity index is 1180. The molecular weight excluding hydrogens is 510 g/mol. The molecule has 9 nitrogen and oxygen atoms in total. The van der Waals surface area contributed by atoms with E-state index in [1.807, 2.05) is 0 Å². The first kappa shape index (κ1) is 28.3. The lowest BCUT2D eigenvalue weighted by molar-refractivity contribution is -0.150. The van der Waals surface area contributed by atoms with E-state index in [0.717, 1.165) is 44.9 Å². The van der Waals surface area contributed by atoms with Crippen LogP contribution in [-0.2, 0) is 9.59 Å². The average Bonchev–Trinajstić information content (AvgIpc) is 3.56. The second-order valence-corrected chi connectivity index (χ2v) is 12.5. The molecule has 0 unspecified atom stereocenters. The highest BCUT2D eigenvalue weighted by atomic mass is 16.5. The van der Waals surface area contributed by atoms with Gasteiger partial charge in [-0.1, -0.05) is 19.3 Å². The van der Waals surface area contributed by atoms with Crippen LogP contribution in [0, 0.1) is 34.5 Å². The number of benzene rings is 1. The summed E-state index contributed by atoms with van der Waals surface area (Å²) in [5, 5.41) is 25.8. The molecule has 0 spiro atoms. The fourth-order valence-electron chi connectivity index (χ4n) is 7.48. The quantitative estimate of drug-likeness (QED) is 0.430. The SMILES string of the molecule is COc1cc(C#N)c(O[C@H]2CC[C@@](C)(C(=O)O)CC2)cc1C(=O)N[C@@H]1[C@H]2CC[C@H](C2)[C@@H]1C(=O)NC1CCCCC1. The molecular formula is C31H41N3O6. The molecule has 4 aliphatic carbocycles. The Balaban J connectivity index is 1.32. The highest BCUT2D eigenvalue weighted by Gasteiger charge is 2.51. The monoisotopic (exact) mass is 551 g/mol. The van der Waals surface area contributed by atoms with E-state index in [1.165, 1.54) is 19.6 Å². The van der Waals surface area contributed by atoms with Gasteiger partial charge in [-0.2, -0.15) is 5.26 Å². The zero-order valence-corrected chi connectivity index (χ0v) is 23.5. The molecule has 40 heavy (non-hydrogen) atoms. The summed E-state index contributed by atoms with van der Waals surface area (Å²) in [6.45, 7) is 1.75. The van der Waals surface area contributed by atoms with Gasteiger partial charge >= 0.3 is 5.97 Å². The third kappa shape index (κ3) is 5.63. The van der Waals surface area contributed by atoms with Crippen LogP contribution < -0.4 is 20.1 Å². The largest absolute Gasteiger partial charge is 0.496 e. The van der Waals surface area contributed by atoms with E-state index in [2.05, 4.69) is 16.7 Å². The third-order valence-electron chi connectivity index (χ3n) is 9.98. The van der Waals surface area contributed by atoms with Gasteiger partial charge in [0.25, 0.3) is 5.91 Å². The maximum atomic E-state index is 13.7. The van der Waals surface area contributed by atoms with Crippen molar-refractivity contribution in [1.82, 2.24) is 10.6 Å². The average molecular weight is 552 g/mol. The van der Waals surface area contributed by atoms with Gasteiger partial charge in [-0.25, -0.2) is 0 Å². The maximum Gasteiger partial charge on any atom is 0.309 e. The van der Waals surface area contributed by atoms with Crippen LogP contribution in [0.3, 0.4) is 0 Å². The summed E-state index contributed by atoms with van der Waals surface area (Å²) >= 11 is 0. The van der Waals surface area contributed by atoms with Gasteiger partial charge in [0.15, 0.2) is 0 Å². The summed E-state index contributed by atoms with van der Waals surface area (Å²) in [7, 11) is 1.46. The van der Waals surface area contributed by atoms with Gasteiger partial charge in [-0.05, 0) is 82.6 Å². The number of hydrogen-bond donors (Lipinski definition) is 3. The van der Waals surface area contributed by atoms with Crippen LogP contribution in [-0.4, -0.2) is 48.2 Å². The molecule has 4 fully saturated rings. The van der Waals surface area contributed by atoms with Crippen molar-refractivity contribution in [3.63, 3.8) is 0 Å². The van der Waals surface area contributed by atoms with E-state index in [9.17, 15) is 24.8 Å². The van der Waals surface area contributed by atoms with Gasteiger partial charge in [-0.15, -0.1) is 0 Å². The molecule has 0 radical (unpaired) electrons. The highest BCUT2D eigenvalue weighted by molar-refractivity contribution is 5.98. The Hall–Kier alpha value is -3.28. The van der Waals surface area contributed by atoms with Crippen molar-refractivity contribution in [2.75, 3.05) is 7.11 Å². The number of nitriles is 1. The number of carboxylic acid groups (broad SMARTS) is 1. The number of nitrogens with zero attached hydrogens (tertiary/aromatic N) is 1. The van der Waals surface area contributed by atoms with Gasteiger partial charge in [0.05, 0.1) is 35.7 Å². The molecule has 5 rings (SSSR count). The molecule has 4 saturated carbocycles. The van der Waals surface area contributed by atoms with Gasteiger partial charge in [-0.3, -0.25) is 14.4 Å². The van der Waals surface area contributed by atoms with Crippen LogP contribution in [0.2, 0.25) is 0 Å². The Morgan fingerprint density at radius 3 is 2.33 bits per heavy atom. The predicted molar refractivity (Wildman–Crippen MR) is 147 cm³/mol. The molecule has 9 heteroatoms. The van der Waals surface area contributed by atoms with E-state index in [1.54, 1.807) is 13.0 Å². The Morgan fingerprint density at radius 1 is 0.975 bits per heavy atom. The minimum atomic E-state index is -0.807. The molecule has 2 amide bonds. The zero-order chi connectivity index (χ0) is 28.4. The predicted octanol–water partition coefficient (Wildman–Crippen LogP) is 4.57. The number of carboxylic acids is 1. The van der Waals surface area contributed by atoms with E-state index in [4.69, 9.17) is 9.47 Å². The van der Waals surface area contributed by atoms with Gasteiger partial charge in [0.1, 0.15) is 17.6 Å². The van der Waals surface area contributed by atoms with Crippen molar-refractivity contribution in [2.24, 2.45) is 23.2 Å². The van der Waals surface area contributed by atoms with Crippen LogP contribution in [0.15, 0.2) is 12.1 Å². The molecule has 4 aliphatic rings. The molecule has 4 atom stereocenters. The molecule has 0 saturated heterocycles. The molecule has 2 bridgehead atoms. The Kier molecular flexibility index (Phi) is 8.25. The summed E-state index contributed by atoms with van der Waals surface area (Å²) in [5.74, 6) is -0.224. The van der Waals surface area contributed by atoms with Gasteiger partial charge < -0.3 is 25.2 Å². The minimum absolute atomic E-state index is 0.0610. The van der Waals surface area contributed by atoms with Crippen molar-refractivity contribution < 1.29 is 29.0 Å². The van der Waals surface area contributed by atoms with Gasteiger partial charge in [0.2, 0.25) is 5.91 Å². The van der Waals surface area contributed by atoms with Crippen molar-refractivity contribution in [3.05, 3.63) is 23.3 Å². The topological polar surface area (TPSA) is 138 Å². The zero-order valence-electron chi connectivity index (χ0n) is 23.5. The number of carbonyl (C=O) groups is 3. The first-order chi connectivity index (χ1) is 19.2. The first-order valence-electron chi connectivity index (χ1n) is 14.9. The summed E-state index contributed by atoms with van der Waals surface area (Å²) in [6, 6.07) is 5.19. The molecule has 0 heterocycles. The van der Waals surface area contributed by atoms with Crippen LogP contribution in [0.1, 0.15) is 99.9 Å². The number of carbonyl (C=O) groups excluding carboxylic acids is 2. The first-order valence-corrected chi connectivity index (χ1v) is 14.9. The van der Waals surface area contributed by atoms with Crippen LogP contribution in [0.4, 0.5) is 0 Å². The summed E-state index contributed by atoms with van der Waals surface area (Å²) in [5.41, 5.74) is -0.259. The standard InChI is InChI=1S/C31H41N3O6/c1-31(30(37)38)12-10-22(11-13-31)40-24-16-23(25(39-2)15-20(24)17-32)28(35)34-27-19-9-8-18(14-19)26(27)29(36)33-21-6-4-3-5-7-21/h15-16,18-19,21-22,26-27H,3-14H2,1-2H3,(H,33,36)(H,34,35)(H,37,38)/t18-,19+,22-,26+,27-,31+/m1/s1. The third-order valence-corrected chi connectivity index (χ3v) is 9.98. The molecule has 0 aliphatic heterocycles. The lowest BCUT2D eigenvalue weighted by Crippen LogP contribution is -2.51. The Labute approximate surface area is 236 Å². The normalized spacial score (nSPS) is 31.7. The van der Waals surface area contributed by atoms with Crippen molar-refractivity contribution in [2.45, 2.75) is 102 Å². The smallest absolute Gasteiger partial charge is 0.309 e.